The zero-order chi connectivity index (χ0) is 11.5. The monoisotopic (exact) mass is 269 g/mol. The molecule has 0 aliphatic rings. The molecule has 2 N–H and O–H groups in total. The summed E-state index contributed by atoms with van der Waals surface area (Å²) in [6, 6.07) is 2.05. The summed E-state index contributed by atoms with van der Waals surface area (Å²) in [4.78, 5) is 10.1. The molecule has 2 heterocycles. The van der Waals surface area contributed by atoms with E-state index in [-0.39, 0.29) is 5.92 Å². The molecule has 0 radical (unpaired) electrons. The number of fused-ring (bicyclic) bond motifs is 1. The number of aromatic nitrogens is 2. The summed E-state index contributed by atoms with van der Waals surface area (Å²) in [5.74, 6) is 1.08. The van der Waals surface area contributed by atoms with Crippen LogP contribution >= 0.6 is 35.3 Å². The largest absolute Gasteiger partial charge is 0.393 e. The normalized spacial score (nSPS) is 12.8. The Balaban J connectivity index is 2.15. The van der Waals surface area contributed by atoms with Crippen molar-refractivity contribution in [1.82, 2.24) is 9.97 Å². The highest BCUT2D eigenvalue weighted by atomic mass is 32.2. The molecule has 0 amide bonds. The van der Waals surface area contributed by atoms with Gasteiger partial charge >= 0.3 is 0 Å². The highest BCUT2D eigenvalue weighted by Crippen LogP contribution is 2.28. The molecule has 0 saturated carbocycles. The fraction of sp³-hybridized carbons (Fsp3) is 0.300. The SMILES string of the molecule is CC(CSc1ncnc2sccc12)C(N)=S. The number of thioether (sulfide) groups is 1. The average molecular weight is 269 g/mol. The molecular weight excluding hydrogens is 258 g/mol. The molecule has 0 aromatic carbocycles. The first-order chi connectivity index (χ1) is 7.68. The van der Waals surface area contributed by atoms with Gasteiger partial charge in [-0.25, -0.2) is 9.97 Å². The predicted octanol–water partition coefficient (Wildman–Crippen LogP) is 2.71. The first-order valence-electron chi connectivity index (χ1n) is 4.79. The van der Waals surface area contributed by atoms with E-state index in [9.17, 15) is 0 Å². The number of thiophene rings is 1. The summed E-state index contributed by atoms with van der Waals surface area (Å²) in [5.41, 5.74) is 5.58. The summed E-state index contributed by atoms with van der Waals surface area (Å²) < 4.78 is 0. The van der Waals surface area contributed by atoms with Crippen molar-refractivity contribution in [2.75, 3.05) is 5.75 Å². The minimum Gasteiger partial charge on any atom is -0.393 e. The van der Waals surface area contributed by atoms with Crippen molar-refractivity contribution in [2.24, 2.45) is 11.7 Å². The topological polar surface area (TPSA) is 51.8 Å². The first kappa shape index (κ1) is 11.8. The van der Waals surface area contributed by atoms with Crippen molar-refractivity contribution in [3.05, 3.63) is 17.8 Å². The number of hydrogen-bond donors (Lipinski definition) is 1. The summed E-state index contributed by atoms with van der Waals surface area (Å²) in [6.07, 6.45) is 1.60. The Bertz CT molecular complexity index is 509. The van der Waals surface area contributed by atoms with Crippen molar-refractivity contribution in [3.8, 4) is 0 Å². The van der Waals surface area contributed by atoms with Gasteiger partial charge in [0.25, 0.3) is 0 Å². The molecule has 0 spiro atoms. The number of nitrogens with two attached hydrogens (primary N) is 1. The predicted molar refractivity (Wildman–Crippen MR) is 74.1 cm³/mol. The van der Waals surface area contributed by atoms with Crippen molar-refractivity contribution in [3.63, 3.8) is 0 Å². The van der Waals surface area contributed by atoms with Crippen LogP contribution < -0.4 is 5.73 Å². The van der Waals surface area contributed by atoms with Crippen LogP contribution in [0.5, 0.6) is 0 Å². The quantitative estimate of drug-likeness (QED) is 0.525. The lowest BCUT2D eigenvalue weighted by molar-refractivity contribution is 0.904. The second-order valence-electron chi connectivity index (χ2n) is 3.43. The van der Waals surface area contributed by atoms with E-state index >= 15 is 0 Å². The molecule has 0 saturated heterocycles. The molecule has 0 bridgehead atoms. The Labute approximate surface area is 107 Å². The van der Waals surface area contributed by atoms with E-state index in [2.05, 4.69) is 9.97 Å². The van der Waals surface area contributed by atoms with Crippen LogP contribution in [-0.2, 0) is 0 Å². The molecule has 1 atom stereocenters. The average Bonchev–Trinajstić information content (AvgIpc) is 2.73. The third kappa shape index (κ3) is 2.50. The molecule has 3 nitrogen and oxygen atoms in total. The molecular formula is C10H11N3S3. The maximum Gasteiger partial charge on any atom is 0.127 e. The van der Waals surface area contributed by atoms with E-state index in [1.807, 2.05) is 18.4 Å². The van der Waals surface area contributed by atoms with Crippen LogP contribution in [0, 0.1) is 5.92 Å². The van der Waals surface area contributed by atoms with Crippen LogP contribution in [-0.4, -0.2) is 20.7 Å². The molecule has 1 unspecified atom stereocenters. The Morgan fingerprint density at radius 3 is 3.19 bits per heavy atom. The van der Waals surface area contributed by atoms with Gasteiger partial charge in [-0.2, -0.15) is 0 Å². The van der Waals surface area contributed by atoms with Gasteiger partial charge in [-0.3, -0.25) is 0 Å². The second-order valence-corrected chi connectivity index (χ2v) is 5.81. The van der Waals surface area contributed by atoms with Crippen LogP contribution in [0.2, 0.25) is 0 Å². The Morgan fingerprint density at radius 2 is 2.44 bits per heavy atom. The summed E-state index contributed by atoms with van der Waals surface area (Å²) in [6.45, 7) is 2.03. The summed E-state index contributed by atoms with van der Waals surface area (Å²) >= 11 is 8.25. The molecule has 2 rings (SSSR count). The zero-order valence-corrected chi connectivity index (χ0v) is 11.2. The standard InChI is InChI=1S/C10H11N3S3/c1-6(8(11)14)4-16-10-7-2-3-15-9(7)12-5-13-10/h2-3,5-6H,4H2,1H3,(H2,11,14). The van der Waals surface area contributed by atoms with Crippen molar-refractivity contribution >= 4 is 50.5 Å². The lowest BCUT2D eigenvalue weighted by Gasteiger charge is -2.08. The maximum absolute atomic E-state index is 5.58. The van der Waals surface area contributed by atoms with Gasteiger partial charge in [-0.05, 0) is 11.4 Å². The van der Waals surface area contributed by atoms with Gasteiger partial charge in [0.05, 0.1) is 4.99 Å². The third-order valence-corrected chi connectivity index (χ3v) is 4.67. The molecule has 0 aliphatic heterocycles. The molecule has 84 valence electrons. The highest BCUT2D eigenvalue weighted by molar-refractivity contribution is 7.99. The van der Waals surface area contributed by atoms with Crippen LogP contribution in [0.3, 0.4) is 0 Å². The van der Waals surface area contributed by atoms with Crippen molar-refractivity contribution in [1.29, 1.82) is 0 Å². The fourth-order valence-corrected chi connectivity index (χ4v) is 3.18. The minimum atomic E-state index is 0.226. The molecule has 0 aliphatic carbocycles. The number of hydrogen-bond acceptors (Lipinski definition) is 5. The van der Waals surface area contributed by atoms with Gasteiger partial charge in [0, 0.05) is 17.1 Å². The van der Waals surface area contributed by atoms with E-state index in [1.165, 1.54) is 0 Å². The molecule has 6 heteroatoms. The number of thiocarbonyl (C=S) groups is 1. The van der Waals surface area contributed by atoms with Gasteiger partial charge in [0.2, 0.25) is 0 Å². The summed E-state index contributed by atoms with van der Waals surface area (Å²) in [7, 11) is 0. The van der Waals surface area contributed by atoms with Crippen LogP contribution in [0.1, 0.15) is 6.92 Å². The van der Waals surface area contributed by atoms with Crippen LogP contribution in [0.15, 0.2) is 22.8 Å². The number of rotatable bonds is 4. The molecule has 0 fully saturated rings. The molecule has 16 heavy (non-hydrogen) atoms. The van der Waals surface area contributed by atoms with Crippen LogP contribution in [0.4, 0.5) is 0 Å². The Kier molecular flexibility index (Phi) is 3.73. The smallest absolute Gasteiger partial charge is 0.127 e. The second kappa shape index (κ2) is 5.07. The van der Waals surface area contributed by atoms with Gasteiger partial charge in [0.15, 0.2) is 0 Å². The molecule has 2 aromatic rings. The lowest BCUT2D eigenvalue weighted by atomic mass is 10.2. The van der Waals surface area contributed by atoms with Crippen molar-refractivity contribution in [2.45, 2.75) is 11.9 Å². The Hall–Kier alpha value is -0.720. The van der Waals surface area contributed by atoms with E-state index in [4.69, 9.17) is 18.0 Å². The van der Waals surface area contributed by atoms with Crippen LogP contribution in [0.25, 0.3) is 10.2 Å². The Morgan fingerprint density at radius 1 is 1.62 bits per heavy atom. The highest BCUT2D eigenvalue weighted by Gasteiger charge is 2.09. The maximum atomic E-state index is 5.58. The fourth-order valence-electron chi connectivity index (χ4n) is 1.17. The van der Waals surface area contributed by atoms with E-state index in [0.29, 0.717) is 4.99 Å². The summed E-state index contributed by atoms with van der Waals surface area (Å²) in [5, 5.41) is 4.16. The van der Waals surface area contributed by atoms with Gasteiger partial charge in [0.1, 0.15) is 16.2 Å². The molecule has 2 aromatic heterocycles. The minimum absolute atomic E-state index is 0.226. The van der Waals surface area contributed by atoms with Gasteiger partial charge < -0.3 is 5.73 Å². The van der Waals surface area contributed by atoms with Crippen molar-refractivity contribution < 1.29 is 0 Å². The first-order valence-corrected chi connectivity index (χ1v) is 7.06. The van der Waals surface area contributed by atoms with E-state index in [1.54, 1.807) is 29.4 Å². The third-order valence-electron chi connectivity index (χ3n) is 2.18. The van der Waals surface area contributed by atoms with Gasteiger partial charge in [-0.1, -0.05) is 19.1 Å². The zero-order valence-electron chi connectivity index (χ0n) is 8.71. The lowest BCUT2D eigenvalue weighted by Crippen LogP contribution is -2.20. The van der Waals surface area contributed by atoms with E-state index in [0.717, 1.165) is 21.0 Å². The van der Waals surface area contributed by atoms with E-state index < -0.39 is 0 Å². The number of nitrogens with zero attached hydrogens (tertiary/aromatic N) is 2. The van der Waals surface area contributed by atoms with Gasteiger partial charge in [-0.15, -0.1) is 23.1 Å².